The fraction of sp³-hybridized carbons (Fsp3) is 0.300. The van der Waals surface area contributed by atoms with Gasteiger partial charge in [0.2, 0.25) is 0 Å². The first-order chi connectivity index (χ1) is 17.1. The lowest BCUT2D eigenvalue weighted by Gasteiger charge is -2.56. The summed E-state index contributed by atoms with van der Waals surface area (Å²) in [6.07, 6.45) is 7.05. The first-order valence-corrected chi connectivity index (χ1v) is 12.3. The number of aliphatic imine (C=N–C) groups is 1. The van der Waals surface area contributed by atoms with Crippen LogP contribution in [0, 0.1) is 5.92 Å². The minimum atomic E-state index is -0.594. The number of aliphatic hydroxyl groups excluding tert-OH is 1. The van der Waals surface area contributed by atoms with Crippen LogP contribution < -0.4 is 4.74 Å². The van der Waals surface area contributed by atoms with Crippen molar-refractivity contribution < 1.29 is 14.9 Å². The maximum atomic E-state index is 10.4. The Morgan fingerprint density at radius 3 is 2.51 bits per heavy atom. The summed E-state index contributed by atoms with van der Waals surface area (Å²) in [5, 5.41) is 20.6. The smallest absolute Gasteiger partial charge is 0.165 e. The molecule has 1 saturated heterocycles. The number of benzene rings is 3. The second-order valence-electron chi connectivity index (χ2n) is 9.93. The van der Waals surface area contributed by atoms with Crippen LogP contribution in [0.1, 0.15) is 23.1 Å². The first kappa shape index (κ1) is 22.1. The summed E-state index contributed by atoms with van der Waals surface area (Å²) >= 11 is 0. The summed E-state index contributed by atoms with van der Waals surface area (Å²) in [5.74, 6) is 1.19. The van der Waals surface area contributed by atoms with Crippen molar-refractivity contribution in [2.24, 2.45) is 10.9 Å². The van der Waals surface area contributed by atoms with Gasteiger partial charge in [0.15, 0.2) is 11.5 Å². The number of rotatable bonds is 2. The molecule has 2 N–H and O–H groups in total. The van der Waals surface area contributed by atoms with Gasteiger partial charge < -0.3 is 19.8 Å². The summed E-state index contributed by atoms with van der Waals surface area (Å²) < 4.78 is 6.09. The molecule has 3 aromatic rings. The van der Waals surface area contributed by atoms with Gasteiger partial charge in [0.25, 0.3) is 0 Å². The molecule has 35 heavy (non-hydrogen) atoms. The largest absolute Gasteiger partial charge is 0.504 e. The van der Waals surface area contributed by atoms with E-state index in [1.807, 2.05) is 79.0 Å². The van der Waals surface area contributed by atoms with Gasteiger partial charge in [0.05, 0.1) is 5.69 Å². The SMILES string of the molecule is C(=Nc1ccccc1)c1ccccc1.CN1CC[C@]23c4c5ccc(O)c4O[C@H]2[C@@H](O)C=C[C@H]3[C@H]1C5. The van der Waals surface area contributed by atoms with Gasteiger partial charge in [-0.25, -0.2) is 0 Å². The molecule has 5 heteroatoms. The van der Waals surface area contributed by atoms with Crippen molar-refractivity contribution in [3.05, 3.63) is 102 Å². The molecule has 178 valence electrons. The number of likely N-dealkylation sites (N-methyl/N-ethyl adjacent to an activating group) is 1. The van der Waals surface area contributed by atoms with Gasteiger partial charge in [-0.1, -0.05) is 66.7 Å². The van der Waals surface area contributed by atoms with E-state index in [-0.39, 0.29) is 17.3 Å². The van der Waals surface area contributed by atoms with Crippen molar-refractivity contribution in [1.29, 1.82) is 0 Å². The van der Waals surface area contributed by atoms with E-state index >= 15 is 0 Å². The van der Waals surface area contributed by atoms with E-state index in [2.05, 4.69) is 23.0 Å². The summed E-state index contributed by atoms with van der Waals surface area (Å²) in [6, 6.07) is 24.2. The van der Waals surface area contributed by atoms with Crippen LogP contribution in [0.5, 0.6) is 11.5 Å². The van der Waals surface area contributed by atoms with E-state index in [1.165, 1.54) is 11.1 Å². The van der Waals surface area contributed by atoms with E-state index in [4.69, 9.17) is 4.74 Å². The summed E-state index contributed by atoms with van der Waals surface area (Å²) in [6.45, 7) is 1.01. The predicted molar refractivity (Wildman–Crippen MR) is 138 cm³/mol. The highest BCUT2D eigenvalue weighted by molar-refractivity contribution is 5.81. The normalized spacial score (nSPS) is 29.8. The van der Waals surface area contributed by atoms with E-state index in [0.717, 1.165) is 30.6 Å². The van der Waals surface area contributed by atoms with E-state index in [1.54, 1.807) is 6.07 Å². The van der Waals surface area contributed by atoms with Crippen LogP contribution in [0.4, 0.5) is 5.69 Å². The highest BCUT2D eigenvalue weighted by atomic mass is 16.5. The molecule has 0 aromatic heterocycles. The van der Waals surface area contributed by atoms with Crippen LogP contribution in [0.2, 0.25) is 0 Å². The summed E-state index contributed by atoms with van der Waals surface area (Å²) in [4.78, 5) is 6.78. The average molecular weight is 467 g/mol. The third-order valence-corrected chi connectivity index (χ3v) is 8.07. The lowest BCUT2D eigenvalue weighted by Crippen LogP contribution is -2.64. The van der Waals surface area contributed by atoms with Gasteiger partial charge in [0.1, 0.15) is 12.2 Å². The Hall–Kier alpha value is -3.41. The number of hydrogen-bond donors (Lipinski definition) is 2. The van der Waals surface area contributed by atoms with E-state index in [0.29, 0.717) is 17.7 Å². The third-order valence-electron chi connectivity index (χ3n) is 8.07. The standard InChI is InChI=1S/C17H19NO3.C13H11N/c1-18-7-6-17-10-3-5-13(20)16(17)21-15-12(19)4-2-9(14(15)17)8-11(10)18;1-3-7-12(8-4-1)11-14-13-9-5-2-6-10-13/h2-5,10-11,13,16,19-20H,6-8H2,1H3;1-11H/t10-,11+,13-,16-,17-;/m0./s1. The van der Waals surface area contributed by atoms with Crippen molar-refractivity contribution in [1.82, 2.24) is 4.90 Å². The summed E-state index contributed by atoms with van der Waals surface area (Å²) in [5.41, 5.74) is 4.39. The fourth-order valence-electron chi connectivity index (χ4n) is 6.44. The van der Waals surface area contributed by atoms with Crippen LogP contribution in [0.15, 0.2) is 89.9 Å². The molecule has 1 spiro atoms. The molecule has 2 aliphatic carbocycles. The zero-order valence-corrected chi connectivity index (χ0v) is 19.8. The molecular weight excluding hydrogens is 436 g/mol. The number of piperidine rings is 1. The maximum Gasteiger partial charge on any atom is 0.165 e. The maximum absolute atomic E-state index is 10.4. The summed E-state index contributed by atoms with van der Waals surface area (Å²) in [7, 11) is 2.19. The molecule has 3 aromatic carbocycles. The van der Waals surface area contributed by atoms with Gasteiger partial charge in [-0.05, 0) is 55.8 Å². The second-order valence-corrected chi connectivity index (χ2v) is 9.93. The quantitative estimate of drug-likeness (QED) is 0.427. The average Bonchev–Trinajstić information content (AvgIpc) is 3.25. The van der Waals surface area contributed by atoms with Crippen molar-refractivity contribution in [2.75, 3.05) is 13.6 Å². The molecular formula is C30H30N2O3. The Kier molecular flexibility index (Phi) is 5.47. The molecule has 5 atom stereocenters. The van der Waals surface area contributed by atoms with Crippen LogP contribution >= 0.6 is 0 Å². The Labute approximate surface area is 206 Å². The van der Waals surface area contributed by atoms with Gasteiger partial charge in [-0.2, -0.15) is 0 Å². The van der Waals surface area contributed by atoms with Crippen LogP contribution in [-0.2, 0) is 11.8 Å². The van der Waals surface area contributed by atoms with Crippen molar-refractivity contribution in [3.8, 4) is 11.5 Å². The van der Waals surface area contributed by atoms with Crippen molar-refractivity contribution in [3.63, 3.8) is 0 Å². The molecule has 0 unspecified atom stereocenters. The number of hydrogen-bond acceptors (Lipinski definition) is 5. The first-order valence-electron chi connectivity index (χ1n) is 12.3. The van der Waals surface area contributed by atoms with Crippen LogP contribution in [0.25, 0.3) is 0 Å². The minimum Gasteiger partial charge on any atom is -0.504 e. The third kappa shape index (κ3) is 3.58. The second kappa shape index (κ2) is 8.67. The monoisotopic (exact) mass is 466 g/mol. The number of phenolic OH excluding ortho intramolecular Hbond substituents is 1. The predicted octanol–water partition coefficient (Wildman–Crippen LogP) is 4.64. The number of nitrogens with zero attached hydrogens (tertiary/aromatic N) is 2. The number of aliphatic hydroxyl groups is 1. The van der Waals surface area contributed by atoms with Crippen LogP contribution in [0.3, 0.4) is 0 Å². The number of para-hydroxylation sites is 1. The molecule has 0 amide bonds. The molecule has 4 aliphatic rings. The number of likely N-dealkylation sites (tertiary alicyclic amines) is 1. The lowest BCUT2D eigenvalue weighted by molar-refractivity contribution is -0.0453. The van der Waals surface area contributed by atoms with Gasteiger partial charge in [-0.3, -0.25) is 4.99 Å². The molecule has 1 fully saturated rings. The minimum absolute atomic E-state index is 0.160. The molecule has 2 heterocycles. The molecule has 0 saturated carbocycles. The number of aromatic hydroxyl groups is 1. The Morgan fingerprint density at radius 2 is 1.74 bits per heavy atom. The molecule has 2 bridgehead atoms. The highest BCUT2D eigenvalue weighted by Crippen LogP contribution is 2.62. The molecule has 7 rings (SSSR count). The number of phenols is 1. The zero-order chi connectivity index (χ0) is 24.0. The highest BCUT2D eigenvalue weighted by Gasteiger charge is 2.64. The molecule has 2 aliphatic heterocycles. The van der Waals surface area contributed by atoms with Crippen molar-refractivity contribution >= 4 is 11.9 Å². The molecule has 0 radical (unpaired) electrons. The van der Waals surface area contributed by atoms with Crippen molar-refractivity contribution in [2.45, 2.75) is 36.5 Å². The van der Waals surface area contributed by atoms with Gasteiger partial charge in [-0.15, -0.1) is 0 Å². The van der Waals surface area contributed by atoms with Gasteiger partial charge in [0, 0.05) is 29.2 Å². The van der Waals surface area contributed by atoms with Crippen LogP contribution in [-0.4, -0.2) is 53.2 Å². The number of ether oxygens (including phenoxy) is 1. The van der Waals surface area contributed by atoms with E-state index < -0.39 is 6.10 Å². The molecule has 5 nitrogen and oxygen atoms in total. The Balaban J connectivity index is 0.000000143. The Bertz CT molecular complexity index is 1230. The zero-order valence-electron chi connectivity index (χ0n) is 19.8. The topological polar surface area (TPSA) is 65.3 Å². The fourth-order valence-corrected chi connectivity index (χ4v) is 6.44. The van der Waals surface area contributed by atoms with E-state index in [9.17, 15) is 10.2 Å². The Morgan fingerprint density at radius 1 is 1.00 bits per heavy atom. The lowest BCUT2D eigenvalue weighted by atomic mass is 9.53. The van der Waals surface area contributed by atoms with Gasteiger partial charge >= 0.3 is 0 Å².